The van der Waals surface area contributed by atoms with Crippen LogP contribution in [-0.4, -0.2) is 25.0 Å². The van der Waals surface area contributed by atoms with Gasteiger partial charge in [-0.2, -0.15) is 0 Å². The molecule has 4 nitrogen and oxygen atoms in total. The van der Waals surface area contributed by atoms with Gasteiger partial charge in [-0.05, 0) is 46.6 Å². The normalized spacial score (nSPS) is 12.1. The van der Waals surface area contributed by atoms with Crippen LogP contribution in [0.1, 0.15) is 32.2 Å². The number of benzene rings is 3. The predicted molar refractivity (Wildman–Crippen MR) is 136 cm³/mol. The number of rotatable bonds is 7. The lowest BCUT2D eigenvalue weighted by atomic mass is 10.2. The van der Waals surface area contributed by atoms with Crippen molar-refractivity contribution >= 4 is 18.7 Å². The molecule has 0 aliphatic carbocycles. The lowest BCUT2D eigenvalue weighted by molar-refractivity contribution is 0.300. The van der Waals surface area contributed by atoms with Crippen molar-refractivity contribution in [1.82, 2.24) is 4.98 Å². The number of aromatic nitrogens is 1. The number of phenols is 1. The summed E-state index contributed by atoms with van der Waals surface area (Å²) in [4.78, 5) is 4.72. The topological polar surface area (TPSA) is 55.5 Å². The fraction of sp³-hybridized carbons (Fsp3) is 0.250. The molecule has 0 fully saturated rings. The third-order valence-electron chi connectivity index (χ3n) is 6.08. The SMILES string of the molecule is Cc1oc(-c2ccc(O)cc2)nc1CCO[Si](c1ccccc1)(c1ccccc1)C(C)(C)C. The fourth-order valence-electron chi connectivity index (χ4n) is 4.45. The number of nitrogens with zero attached hydrogens (tertiary/aromatic N) is 1. The molecule has 0 radical (unpaired) electrons. The number of hydrogen-bond acceptors (Lipinski definition) is 4. The Kier molecular flexibility index (Phi) is 6.54. The van der Waals surface area contributed by atoms with Gasteiger partial charge in [0, 0.05) is 18.6 Å². The Morgan fingerprint density at radius 1 is 0.848 bits per heavy atom. The molecule has 0 bridgehead atoms. The molecule has 4 aromatic rings. The molecular formula is C28H31NO3Si. The zero-order valence-electron chi connectivity index (χ0n) is 19.7. The van der Waals surface area contributed by atoms with Crippen molar-refractivity contribution in [2.24, 2.45) is 0 Å². The van der Waals surface area contributed by atoms with Crippen LogP contribution in [0, 0.1) is 6.92 Å². The molecule has 33 heavy (non-hydrogen) atoms. The Morgan fingerprint density at radius 2 is 1.39 bits per heavy atom. The molecule has 5 heteroatoms. The molecule has 1 N–H and O–H groups in total. The van der Waals surface area contributed by atoms with E-state index in [0.29, 0.717) is 18.9 Å². The minimum Gasteiger partial charge on any atom is -0.508 e. The van der Waals surface area contributed by atoms with Crippen LogP contribution in [-0.2, 0) is 10.8 Å². The first-order chi connectivity index (χ1) is 15.8. The van der Waals surface area contributed by atoms with Crippen molar-refractivity contribution in [3.05, 3.63) is 96.4 Å². The van der Waals surface area contributed by atoms with E-state index in [2.05, 4.69) is 81.4 Å². The molecule has 0 atom stereocenters. The average Bonchev–Trinajstić information content (AvgIpc) is 3.18. The monoisotopic (exact) mass is 457 g/mol. The van der Waals surface area contributed by atoms with Crippen molar-refractivity contribution in [2.45, 2.75) is 39.2 Å². The molecule has 0 aliphatic rings. The summed E-state index contributed by atoms with van der Waals surface area (Å²) in [5.41, 5.74) is 1.74. The predicted octanol–water partition coefficient (Wildman–Crippen LogP) is 5.47. The van der Waals surface area contributed by atoms with E-state index >= 15 is 0 Å². The first kappa shape index (κ1) is 23.0. The summed E-state index contributed by atoms with van der Waals surface area (Å²) in [5, 5.41) is 12.0. The molecule has 0 unspecified atom stereocenters. The zero-order chi connectivity index (χ0) is 23.5. The van der Waals surface area contributed by atoms with Crippen molar-refractivity contribution in [3.8, 4) is 17.2 Å². The van der Waals surface area contributed by atoms with Gasteiger partial charge < -0.3 is 13.9 Å². The van der Waals surface area contributed by atoms with E-state index in [1.54, 1.807) is 12.1 Å². The van der Waals surface area contributed by atoms with Crippen molar-refractivity contribution in [3.63, 3.8) is 0 Å². The lowest BCUT2D eigenvalue weighted by Crippen LogP contribution is -2.66. The summed E-state index contributed by atoms with van der Waals surface area (Å²) in [6.07, 6.45) is 0.665. The van der Waals surface area contributed by atoms with Gasteiger partial charge in [0.1, 0.15) is 11.5 Å². The van der Waals surface area contributed by atoms with Crippen LogP contribution in [0.3, 0.4) is 0 Å². The quantitative estimate of drug-likeness (QED) is 0.374. The molecule has 0 saturated carbocycles. The van der Waals surface area contributed by atoms with Crippen LogP contribution in [0.2, 0.25) is 5.04 Å². The Labute approximate surface area is 197 Å². The number of oxazole rings is 1. The zero-order valence-corrected chi connectivity index (χ0v) is 20.7. The molecular weight excluding hydrogens is 426 g/mol. The highest BCUT2D eigenvalue weighted by Gasteiger charge is 2.50. The number of aryl methyl sites for hydroxylation is 1. The summed E-state index contributed by atoms with van der Waals surface area (Å²) in [6, 6.07) is 28.2. The van der Waals surface area contributed by atoms with Gasteiger partial charge in [-0.1, -0.05) is 81.4 Å². The van der Waals surface area contributed by atoms with E-state index in [-0.39, 0.29) is 10.8 Å². The Hall–Kier alpha value is -3.15. The molecule has 0 amide bonds. The lowest BCUT2D eigenvalue weighted by Gasteiger charge is -2.43. The number of aromatic hydroxyl groups is 1. The minimum atomic E-state index is -2.57. The molecule has 1 aromatic heterocycles. The maximum absolute atomic E-state index is 9.55. The first-order valence-electron chi connectivity index (χ1n) is 11.3. The maximum Gasteiger partial charge on any atom is 0.261 e. The summed E-state index contributed by atoms with van der Waals surface area (Å²) in [5.74, 6) is 1.58. The van der Waals surface area contributed by atoms with E-state index < -0.39 is 8.32 Å². The summed E-state index contributed by atoms with van der Waals surface area (Å²) in [7, 11) is -2.57. The number of phenolic OH excluding ortho intramolecular Hbond substituents is 1. The second-order valence-electron chi connectivity index (χ2n) is 9.33. The standard InChI is InChI=1S/C28H31NO3Si/c1-21-26(29-27(32-21)22-15-17-23(30)18-16-22)19-20-31-33(28(2,3)4,24-11-7-5-8-12-24)25-13-9-6-10-14-25/h5-18,30H,19-20H2,1-4H3. The molecule has 0 saturated heterocycles. The fourth-order valence-corrected chi connectivity index (χ4v) is 9.01. The summed E-state index contributed by atoms with van der Waals surface area (Å²) >= 11 is 0. The highest BCUT2D eigenvalue weighted by atomic mass is 28.4. The van der Waals surface area contributed by atoms with Crippen molar-refractivity contribution in [1.29, 1.82) is 0 Å². The van der Waals surface area contributed by atoms with Crippen LogP contribution in [0.15, 0.2) is 89.3 Å². The van der Waals surface area contributed by atoms with Crippen molar-refractivity contribution in [2.75, 3.05) is 6.61 Å². The third kappa shape index (κ3) is 4.65. The Morgan fingerprint density at radius 3 is 1.91 bits per heavy atom. The first-order valence-corrected chi connectivity index (χ1v) is 13.2. The summed E-state index contributed by atoms with van der Waals surface area (Å²) in [6.45, 7) is 9.33. The maximum atomic E-state index is 9.55. The molecule has 3 aromatic carbocycles. The largest absolute Gasteiger partial charge is 0.508 e. The van der Waals surface area contributed by atoms with Gasteiger partial charge in [0.15, 0.2) is 0 Å². The van der Waals surface area contributed by atoms with Gasteiger partial charge in [-0.15, -0.1) is 0 Å². The Balaban J connectivity index is 1.63. The van der Waals surface area contributed by atoms with Crippen LogP contribution >= 0.6 is 0 Å². The van der Waals surface area contributed by atoms with E-state index in [1.807, 2.05) is 19.1 Å². The van der Waals surface area contributed by atoms with E-state index in [4.69, 9.17) is 13.8 Å². The second-order valence-corrected chi connectivity index (χ2v) is 13.6. The molecule has 1 heterocycles. The highest BCUT2D eigenvalue weighted by molar-refractivity contribution is 6.99. The van der Waals surface area contributed by atoms with Crippen LogP contribution < -0.4 is 10.4 Å². The summed E-state index contributed by atoms with van der Waals surface area (Å²) < 4.78 is 12.9. The second kappa shape index (κ2) is 9.38. The van der Waals surface area contributed by atoms with Crippen LogP contribution in [0.4, 0.5) is 0 Å². The van der Waals surface area contributed by atoms with Gasteiger partial charge >= 0.3 is 0 Å². The van der Waals surface area contributed by atoms with Gasteiger partial charge in [0.2, 0.25) is 5.89 Å². The van der Waals surface area contributed by atoms with Crippen molar-refractivity contribution < 1.29 is 13.9 Å². The van der Waals surface area contributed by atoms with Crippen LogP contribution in [0.25, 0.3) is 11.5 Å². The van der Waals surface area contributed by atoms with Gasteiger partial charge in [-0.3, -0.25) is 0 Å². The molecule has 170 valence electrons. The van der Waals surface area contributed by atoms with Gasteiger partial charge in [0.25, 0.3) is 8.32 Å². The Bertz CT molecular complexity index is 1140. The van der Waals surface area contributed by atoms with E-state index in [1.165, 1.54) is 10.4 Å². The van der Waals surface area contributed by atoms with E-state index in [0.717, 1.165) is 17.0 Å². The minimum absolute atomic E-state index is 0.0637. The van der Waals surface area contributed by atoms with Gasteiger partial charge in [0.05, 0.1) is 5.69 Å². The van der Waals surface area contributed by atoms with Crippen LogP contribution in [0.5, 0.6) is 5.75 Å². The molecule has 0 spiro atoms. The molecule has 4 rings (SSSR count). The highest BCUT2D eigenvalue weighted by Crippen LogP contribution is 2.37. The third-order valence-corrected chi connectivity index (χ3v) is 11.1. The molecule has 0 aliphatic heterocycles. The smallest absolute Gasteiger partial charge is 0.261 e. The average molecular weight is 458 g/mol. The number of hydrogen-bond donors (Lipinski definition) is 1. The van der Waals surface area contributed by atoms with Gasteiger partial charge in [-0.25, -0.2) is 4.98 Å². The van der Waals surface area contributed by atoms with E-state index in [9.17, 15) is 5.11 Å².